The second-order valence-corrected chi connectivity index (χ2v) is 3.42. The first kappa shape index (κ1) is 12.4. The molecule has 88 valence electrons. The van der Waals surface area contributed by atoms with E-state index in [1.807, 2.05) is 0 Å². The van der Waals surface area contributed by atoms with Gasteiger partial charge in [0, 0.05) is 12.6 Å². The van der Waals surface area contributed by atoms with Gasteiger partial charge in [0.15, 0.2) is 0 Å². The monoisotopic (exact) mass is 228 g/mol. The van der Waals surface area contributed by atoms with Crippen molar-refractivity contribution in [2.24, 2.45) is 7.05 Å². The summed E-state index contributed by atoms with van der Waals surface area (Å²) < 4.78 is 13.6. The Labute approximate surface area is 90.9 Å². The van der Waals surface area contributed by atoms with Gasteiger partial charge in [0.05, 0.1) is 12.3 Å². The first-order chi connectivity index (χ1) is 7.51. The van der Waals surface area contributed by atoms with Crippen molar-refractivity contribution in [3.8, 4) is 0 Å². The van der Waals surface area contributed by atoms with Gasteiger partial charge in [0.2, 0.25) is 0 Å². The topological polar surface area (TPSA) is 75.1 Å². The lowest BCUT2D eigenvalue weighted by Crippen LogP contribution is -2.31. The molecule has 0 aliphatic rings. The molecule has 0 aromatic carbocycles. The Morgan fingerprint density at radius 2 is 2.19 bits per heavy atom. The predicted octanol–water partition coefficient (Wildman–Crippen LogP) is -0.273. The zero-order valence-electron chi connectivity index (χ0n) is 9.08. The lowest BCUT2D eigenvalue weighted by molar-refractivity contribution is 0.319. The molecular weight excluding hydrogens is 215 g/mol. The van der Waals surface area contributed by atoms with Crippen LogP contribution in [0.5, 0.6) is 0 Å². The minimum atomic E-state index is -0.822. The predicted molar refractivity (Wildman–Crippen MR) is 58.1 cm³/mol. The van der Waals surface area contributed by atoms with Crippen LogP contribution >= 0.6 is 0 Å². The van der Waals surface area contributed by atoms with Crippen molar-refractivity contribution >= 4 is 6.08 Å². The SMILES string of the molecule is Cc1c(/C=C(/CO)CF)n(C)c(=O)[nH]c1=O. The molecule has 0 saturated heterocycles. The average Bonchev–Trinajstić information content (AvgIpc) is 2.27. The number of H-pyrrole nitrogens is 1. The maximum Gasteiger partial charge on any atom is 0.328 e. The lowest BCUT2D eigenvalue weighted by atomic mass is 10.1. The molecule has 0 amide bonds. The molecule has 5 nitrogen and oxygen atoms in total. The fraction of sp³-hybridized carbons (Fsp3) is 0.400. The van der Waals surface area contributed by atoms with Crippen LogP contribution in [0.15, 0.2) is 15.2 Å². The number of nitrogens with zero attached hydrogens (tertiary/aromatic N) is 1. The van der Waals surface area contributed by atoms with Crippen LogP contribution in [0, 0.1) is 6.92 Å². The molecule has 0 saturated carbocycles. The van der Waals surface area contributed by atoms with Gasteiger partial charge in [-0.05, 0) is 18.6 Å². The minimum Gasteiger partial charge on any atom is -0.392 e. The summed E-state index contributed by atoms with van der Waals surface area (Å²) in [7, 11) is 1.46. The second kappa shape index (κ2) is 4.89. The molecule has 0 bridgehead atoms. The van der Waals surface area contributed by atoms with Crippen LogP contribution in [0.25, 0.3) is 6.08 Å². The lowest BCUT2D eigenvalue weighted by Gasteiger charge is -2.07. The summed E-state index contributed by atoms with van der Waals surface area (Å²) in [4.78, 5) is 24.7. The summed E-state index contributed by atoms with van der Waals surface area (Å²) in [6.45, 7) is 0.255. The van der Waals surface area contributed by atoms with Gasteiger partial charge in [-0.25, -0.2) is 9.18 Å². The number of hydrogen-bond donors (Lipinski definition) is 2. The molecule has 1 heterocycles. The zero-order valence-corrected chi connectivity index (χ0v) is 9.08. The number of aliphatic hydroxyl groups is 1. The van der Waals surface area contributed by atoms with Gasteiger partial charge in [0.25, 0.3) is 5.56 Å². The van der Waals surface area contributed by atoms with Crippen molar-refractivity contribution in [2.45, 2.75) is 6.92 Å². The number of aromatic amines is 1. The van der Waals surface area contributed by atoms with Gasteiger partial charge in [-0.2, -0.15) is 0 Å². The molecule has 2 N–H and O–H groups in total. The number of hydrogen-bond acceptors (Lipinski definition) is 3. The Balaban J connectivity index is 3.50. The number of nitrogens with one attached hydrogen (secondary N) is 1. The number of alkyl halides is 1. The molecule has 1 rings (SSSR count). The van der Waals surface area contributed by atoms with Crippen LogP contribution in [0.3, 0.4) is 0 Å². The van der Waals surface area contributed by atoms with E-state index in [9.17, 15) is 14.0 Å². The van der Waals surface area contributed by atoms with Crippen LogP contribution in [0.4, 0.5) is 4.39 Å². The summed E-state index contributed by atoms with van der Waals surface area (Å²) >= 11 is 0. The van der Waals surface area contributed by atoms with Crippen molar-refractivity contribution < 1.29 is 9.50 Å². The second-order valence-electron chi connectivity index (χ2n) is 3.42. The fourth-order valence-electron chi connectivity index (χ4n) is 1.28. The Bertz CT molecular complexity index is 488. The molecule has 0 aliphatic heterocycles. The molecule has 0 fully saturated rings. The molecule has 6 heteroatoms. The molecule has 0 radical (unpaired) electrons. The minimum absolute atomic E-state index is 0.115. The number of aromatic nitrogens is 2. The van der Waals surface area contributed by atoms with E-state index in [2.05, 4.69) is 4.98 Å². The van der Waals surface area contributed by atoms with E-state index in [4.69, 9.17) is 5.11 Å². The van der Waals surface area contributed by atoms with E-state index in [-0.39, 0.29) is 5.57 Å². The zero-order chi connectivity index (χ0) is 12.3. The summed E-state index contributed by atoms with van der Waals surface area (Å²) in [5.74, 6) is 0. The molecule has 16 heavy (non-hydrogen) atoms. The Morgan fingerprint density at radius 1 is 1.56 bits per heavy atom. The molecule has 1 aromatic heterocycles. The summed E-state index contributed by atoms with van der Waals surface area (Å²) in [6.07, 6.45) is 1.31. The maximum atomic E-state index is 12.4. The molecule has 0 aliphatic carbocycles. The van der Waals surface area contributed by atoms with Gasteiger partial charge in [-0.1, -0.05) is 0 Å². The quantitative estimate of drug-likeness (QED) is 0.747. The highest BCUT2D eigenvalue weighted by Crippen LogP contribution is 2.06. The third kappa shape index (κ3) is 2.27. The summed E-state index contributed by atoms with van der Waals surface area (Å²) in [5, 5.41) is 8.83. The standard InChI is InChI=1S/C10H13FN2O3/c1-6-8(3-7(4-11)5-14)13(2)10(16)12-9(6)15/h3,14H,4-5H2,1-2H3,(H,12,15,16)/b7-3+. The third-order valence-corrected chi connectivity index (χ3v) is 2.33. The fourth-order valence-corrected chi connectivity index (χ4v) is 1.28. The van der Waals surface area contributed by atoms with Crippen molar-refractivity contribution in [2.75, 3.05) is 13.3 Å². The van der Waals surface area contributed by atoms with Crippen LogP contribution in [0.2, 0.25) is 0 Å². The molecule has 0 spiro atoms. The van der Waals surface area contributed by atoms with Crippen molar-refractivity contribution in [3.05, 3.63) is 37.7 Å². The first-order valence-corrected chi connectivity index (χ1v) is 4.67. The van der Waals surface area contributed by atoms with E-state index < -0.39 is 24.5 Å². The van der Waals surface area contributed by atoms with Gasteiger partial charge >= 0.3 is 5.69 Å². The highest BCUT2D eigenvalue weighted by molar-refractivity contribution is 5.52. The van der Waals surface area contributed by atoms with Crippen molar-refractivity contribution in [3.63, 3.8) is 0 Å². The summed E-state index contributed by atoms with van der Waals surface area (Å²) in [6, 6.07) is 0. The maximum absolute atomic E-state index is 12.4. The van der Waals surface area contributed by atoms with Crippen LogP contribution in [0.1, 0.15) is 11.3 Å². The molecule has 0 atom stereocenters. The Morgan fingerprint density at radius 3 is 2.69 bits per heavy atom. The molecular formula is C10H13FN2O3. The summed E-state index contributed by atoms with van der Waals surface area (Å²) in [5.41, 5.74) is -0.357. The van der Waals surface area contributed by atoms with Crippen LogP contribution in [-0.2, 0) is 7.05 Å². The smallest absolute Gasteiger partial charge is 0.328 e. The van der Waals surface area contributed by atoms with E-state index in [1.54, 1.807) is 0 Å². The molecule has 1 aromatic rings. The van der Waals surface area contributed by atoms with Gasteiger partial charge in [-0.15, -0.1) is 0 Å². The number of aliphatic hydroxyl groups excluding tert-OH is 1. The first-order valence-electron chi connectivity index (χ1n) is 4.67. The average molecular weight is 228 g/mol. The van der Waals surface area contributed by atoms with Crippen LogP contribution in [-0.4, -0.2) is 27.9 Å². The number of halogens is 1. The normalized spacial score (nSPS) is 11.9. The van der Waals surface area contributed by atoms with Gasteiger partial charge < -0.3 is 5.11 Å². The van der Waals surface area contributed by atoms with Crippen molar-refractivity contribution in [1.29, 1.82) is 0 Å². The van der Waals surface area contributed by atoms with E-state index in [1.165, 1.54) is 24.6 Å². The van der Waals surface area contributed by atoms with E-state index in [0.29, 0.717) is 11.3 Å². The van der Waals surface area contributed by atoms with Gasteiger partial charge in [-0.3, -0.25) is 14.3 Å². The third-order valence-electron chi connectivity index (χ3n) is 2.33. The van der Waals surface area contributed by atoms with Crippen molar-refractivity contribution in [1.82, 2.24) is 9.55 Å². The highest BCUT2D eigenvalue weighted by atomic mass is 19.1. The van der Waals surface area contributed by atoms with E-state index in [0.717, 1.165) is 0 Å². The highest BCUT2D eigenvalue weighted by Gasteiger charge is 2.07. The van der Waals surface area contributed by atoms with E-state index >= 15 is 0 Å². The Hall–Kier alpha value is -1.69. The number of rotatable bonds is 3. The largest absolute Gasteiger partial charge is 0.392 e. The molecule has 0 unspecified atom stereocenters. The van der Waals surface area contributed by atoms with Gasteiger partial charge in [0.1, 0.15) is 6.67 Å². The Kier molecular flexibility index (Phi) is 3.78. The van der Waals surface area contributed by atoms with Crippen LogP contribution < -0.4 is 11.2 Å².